The van der Waals surface area contributed by atoms with E-state index in [9.17, 15) is 13.2 Å². The van der Waals surface area contributed by atoms with Gasteiger partial charge in [-0.15, -0.1) is 0 Å². The monoisotopic (exact) mass is 299 g/mol. The van der Waals surface area contributed by atoms with Crippen LogP contribution in [0.25, 0.3) is 0 Å². The van der Waals surface area contributed by atoms with Gasteiger partial charge in [0, 0.05) is 12.1 Å². The number of benzene rings is 1. The molecule has 2 N–H and O–H groups in total. The first-order valence-electron chi connectivity index (χ1n) is 5.71. The van der Waals surface area contributed by atoms with E-state index in [2.05, 4.69) is 9.97 Å². The van der Waals surface area contributed by atoms with Crippen LogP contribution < -0.4 is 19.9 Å². The van der Waals surface area contributed by atoms with Crippen molar-refractivity contribution in [3.8, 4) is 23.1 Å². The first-order chi connectivity index (χ1) is 9.91. The molecule has 6 nitrogen and oxygen atoms in total. The molecule has 0 fully saturated rings. The average molecular weight is 299 g/mol. The van der Waals surface area contributed by atoms with Gasteiger partial charge in [-0.2, -0.15) is 18.2 Å². The lowest BCUT2D eigenvalue weighted by atomic mass is 10.3. The van der Waals surface area contributed by atoms with Gasteiger partial charge in [0.15, 0.2) is 11.5 Å². The van der Waals surface area contributed by atoms with Crippen molar-refractivity contribution in [1.29, 1.82) is 0 Å². The zero-order valence-corrected chi connectivity index (χ0v) is 10.3. The van der Waals surface area contributed by atoms with Crippen LogP contribution in [0.15, 0.2) is 24.3 Å². The fourth-order valence-corrected chi connectivity index (χ4v) is 1.68. The van der Waals surface area contributed by atoms with Crippen LogP contribution in [0.3, 0.4) is 0 Å². The summed E-state index contributed by atoms with van der Waals surface area (Å²) < 4.78 is 53.3. The summed E-state index contributed by atoms with van der Waals surface area (Å²) in [5.74, 6) is -0.809. The molecule has 0 spiro atoms. The number of hydrogen-bond donors (Lipinski definition) is 1. The number of nitrogens with zero attached hydrogens (tertiary/aromatic N) is 2. The third kappa shape index (κ3) is 2.76. The average Bonchev–Trinajstić information content (AvgIpc) is 2.84. The van der Waals surface area contributed by atoms with Gasteiger partial charge in [-0.05, 0) is 12.1 Å². The maximum atomic E-state index is 12.6. The van der Waals surface area contributed by atoms with Crippen LogP contribution in [0.2, 0.25) is 0 Å². The molecule has 0 saturated heterocycles. The summed E-state index contributed by atoms with van der Waals surface area (Å²) in [4.78, 5) is 6.40. The Bertz CT molecular complexity index is 691. The first-order valence-corrected chi connectivity index (χ1v) is 5.71. The van der Waals surface area contributed by atoms with E-state index >= 15 is 0 Å². The molecule has 9 heteroatoms. The molecular formula is C12H8F3N3O3. The maximum absolute atomic E-state index is 12.6. The smallest absolute Gasteiger partial charge is 0.451 e. The molecule has 2 aromatic rings. The van der Waals surface area contributed by atoms with Crippen LogP contribution in [0, 0.1) is 0 Å². The molecule has 0 unspecified atom stereocenters. The number of alkyl halides is 3. The summed E-state index contributed by atoms with van der Waals surface area (Å²) in [6, 6.07) is 5.67. The predicted octanol–water partition coefficient (Wildman–Crippen LogP) is 2.60. The van der Waals surface area contributed by atoms with E-state index in [-0.39, 0.29) is 24.2 Å². The molecule has 1 aliphatic rings. The molecule has 110 valence electrons. The van der Waals surface area contributed by atoms with Crippen LogP contribution >= 0.6 is 0 Å². The van der Waals surface area contributed by atoms with Crippen LogP contribution in [0.4, 0.5) is 19.0 Å². The summed E-state index contributed by atoms with van der Waals surface area (Å²) in [5.41, 5.74) is 5.32. The fraction of sp³-hybridized carbons (Fsp3) is 0.167. The summed E-state index contributed by atoms with van der Waals surface area (Å²) in [6.45, 7) is 0.0808. The summed E-state index contributed by atoms with van der Waals surface area (Å²) in [6.07, 6.45) is -4.71. The molecule has 1 aromatic heterocycles. The van der Waals surface area contributed by atoms with Crippen molar-refractivity contribution in [2.75, 3.05) is 12.5 Å². The lowest BCUT2D eigenvalue weighted by Crippen LogP contribution is -2.12. The third-order valence-electron chi connectivity index (χ3n) is 2.54. The molecule has 0 bridgehead atoms. The van der Waals surface area contributed by atoms with Crippen molar-refractivity contribution in [3.05, 3.63) is 30.1 Å². The van der Waals surface area contributed by atoms with Crippen LogP contribution in [0.5, 0.6) is 23.1 Å². The van der Waals surface area contributed by atoms with E-state index < -0.39 is 12.0 Å². The Balaban J connectivity index is 1.89. The van der Waals surface area contributed by atoms with E-state index in [1.54, 1.807) is 6.07 Å². The molecule has 2 heterocycles. The zero-order chi connectivity index (χ0) is 15.0. The SMILES string of the molecule is Nc1cc(Oc2ccc3c(c2)OCO3)nc(C(F)(F)F)n1. The number of nitrogen functional groups attached to an aromatic ring is 1. The molecule has 0 amide bonds. The number of anilines is 1. The second-order valence-corrected chi connectivity index (χ2v) is 4.07. The lowest BCUT2D eigenvalue weighted by Gasteiger charge is -2.09. The number of ether oxygens (including phenoxy) is 3. The van der Waals surface area contributed by atoms with Crippen molar-refractivity contribution in [2.45, 2.75) is 6.18 Å². The van der Waals surface area contributed by atoms with Gasteiger partial charge in [0.25, 0.3) is 0 Å². The van der Waals surface area contributed by atoms with Gasteiger partial charge in [-0.1, -0.05) is 0 Å². The Hall–Kier alpha value is -2.71. The number of nitrogens with two attached hydrogens (primary N) is 1. The van der Waals surface area contributed by atoms with Gasteiger partial charge in [0.1, 0.15) is 11.6 Å². The fourth-order valence-electron chi connectivity index (χ4n) is 1.68. The zero-order valence-electron chi connectivity index (χ0n) is 10.3. The van der Waals surface area contributed by atoms with Gasteiger partial charge in [0.05, 0.1) is 0 Å². The number of fused-ring (bicyclic) bond motifs is 1. The standard InChI is InChI=1S/C12H8F3N3O3/c13-12(14,15)11-17-9(16)4-10(18-11)21-6-1-2-7-8(3-6)20-5-19-7/h1-4H,5H2,(H2,16,17,18). The van der Waals surface area contributed by atoms with Gasteiger partial charge >= 0.3 is 6.18 Å². The van der Waals surface area contributed by atoms with E-state index in [0.717, 1.165) is 6.07 Å². The number of halogens is 3. The highest BCUT2D eigenvalue weighted by atomic mass is 19.4. The van der Waals surface area contributed by atoms with Gasteiger partial charge in [-0.25, -0.2) is 4.98 Å². The highest BCUT2D eigenvalue weighted by Crippen LogP contribution is 2.37. The second kappa shape index (κ2) is 4.69. The maximum Gasteiger partial charge on any atom is 0.451 e. The molecule has 1 aliphatic heterocycles. The van der Waals surface area contributed by atoms with E-state index in [1.165, 1.54) is 12.1 Å². The van der Waals surface area contributed by atoms with Gasteiger partial charge in [0.2, 0.25) is 18.5 Å². The third-order valence-corrected chi connectivity index (χ3v) is 2.54. The Kier molecular flexibility index (Phi) is 2.96. The predicted molar refractivity (Wildman–Crippen MR) is 64.1 cm³/mol. The highest BCUT2D eigenvalue weighted by molar-refractivity contribution is 5.48. The van der Waals surface area contributed by atoms with Crippen molar-refractivity contribution < 1.29 is 27.4 Å². The summed E-state index contributed by atoms with van der Waals surface area (Å²) >= 11 is 0. The highest BCUT2D eigenvalue weighted by Gasteiger charge is 2.35. The molecule has 0 radical (unpaired) electrons. The molecule has 3 rings (SSSR count). The molecular weight excluding hydrogens is 291 g/mol. The second-order valence-electron chi connectivity index (χ2n) is 4.07. The molecule has 0 saturated carbocycles. The van der Waals surface area contributed by atoms with Crippen molar-refractivity contribution in [1.82, 2.24) is 9.97 Å². The number of hydrogen-bond acceptors (Lipinski definition) is 6. The summed E-state index contributed by atoms with van der Waals surface area (Å²) in [7, 11) is 0. The van der Waals surface area contributed by atoms with E-state index in [0.29, 0.717) is 11.5 Å². The minimum atomic E-state index is -4.71. The Morgan fingerprint density at radius 3 is 2.62 bits per heavy atom. The quantitative estimate of drug-likeness (QED) is 0.918. The molecule has 0 atom stereocenters. The van der Waals surface area contributed by atoms with Crippen molar-refractivity contribution >= 4 is 5.82 Å². The number of rotatable bonds is 2. The topological polar surface area (TPSA) is 79.5 Å². The van der Waals surface area contributed by atoms with E-state index in [4.69, 9.17) is 19.9 Å². The van der Waals surface area contributed by atoms with Crippen molar-refractivity contribution in [2.24, 2.45) is 0 Å². The molecule has 0 aliphatic carbocycles. The molecule has 21 heavy (non-hydrogen) atoms. The van der Waals surface area contributed by atoms with E-state index in [1.807, 2.05) is 0 Å². The van der Waals surface area contributed by atoms with Crippen LogP contribution in [-0.4, -0.2) is 16.8 Å². The van der Waals surface area contributed by atoms with Crippen molar-refractivity contribution in [3.63, 3.8) is 0 Å². The Morgan fingerprint density at radius 1 is 1.10 bits per heavy atom. The van der Waals surface area contributed by atoms with Gasteiger partial charge in [-0.3, -0.25) is 0 Å². The van der Waals surface area contributed by atoms with Gasteiger partial charge < -0.3 is 19.9 Å². The Labute approximate surface area is 116 Å². The number of aromatic nitrogens is 2. The van der Waals surface area contributed by atoms with Crippen LogP contribution in [0.1, 0.15) is 5.82 Å². The lowest BCUT2D eigenvalue weighted by molar-refractivity contribution is -0.145. The minimum Gasteiger partial charge on any atom is -0.454 e. The first kappa shape index (κ1) is 13.3. The largest absolute Gasteiger partial charge is 0.454 e. The Morgan fingerprint density at radius 2 is 1.86 bits per heavy atom. The normalized spacial score (nSPS) is 13.3. The summed E-state index contributed by atoms with van der Waals surface area (Å²) in [5, 5.41) is 0. The van der Waals surface area contributed by atoms with Crippen LogP contribution in [-0.2, 0) is 6.18 Å². The molecule has 1 aromatic carbocycles. The minimum absolute atomic E-state index is 0.0808.